The molecular formula is C11H23N3O. The van der Waals surface area contributed by atoms with Crippen molar-refractivity contribution in [1.82, 2.24) is 5.32 Å². The maximum atomic E-state index is 5.72. The number of rotatable bonds is 7. The number of unbranched alkanes of at least 4 members (excludes halogenated alkanes) is 1. The maximum absolute atomic E-state index is 5.72. The van der Waals surface area contributed by atoms with Crippen LogP contribution in [0.5, 0.6) is 0 Å². The van der Waals surface area contributed by atoms with Gasteiger partial charge in [-0.3, -0.25) is 4.99 Å². The van der Waals surface area contributed by atoms with Crippen LogP contribution in [0.25, 0.3) is 0 Å². The van der Waals surface area contributed by atoms with Gasteiger partial charge in [0.1, 0.15) is 0 Å². The zero-order valence-electron chi connectivity index (χ0n) is 9.67. The van der Waals surface area contributed by atoms with Crippen molar-refractivity contribution < 1.29 is 4.74 Å². The van der Waals surface area contributed by atoms with Crippen molar-refractivity contribution in [3.8, 4) is 0 Å². The average Bonchev–Trinajstić information content (AvgIpc) is 2.15. The summed E-state index contributed by atoms with van der Waals surface area (Å²) in [6.45, 7) is 2.61. The van der Waals surface area contributed by atoms with Crippen molar-refractivity contribution in [2.75, 3.05) is 26.8 Å². The van der Waals surface area contributed by atoms with E-state index in [2.05, 4.69) is 10.3 Å². The van der Waals surface area contributed by atoms with E-state index in [-0.39, 0.29) is 0 Å². The Balaban J connectivity index is 1.94. The fourth-order valence-corrected chi connectivity index (χ4v) is 1.55. The Morgan fingerprint density at radius 3 is 2.87 bits per heavy atom. The Morgan fingerprint density at radius 2 is 2.27 bits per heavy atom. The number of aliphatic imine (C=N–C) groups is 1. The van der Waals surface area contributed by atoms with Crippen LogP contribution in [-0.2, 0) is 4.74 Å². The normalized spacial score (nSPS) is 17.5. The van der Waals surface area contributed by atoms with E-state index in [4.69, 9.17) is 10.5 Å². The fraction of sp³-hybridized carbons (Fsp3) is 0.909. The highest BCUT2D eigenvalue weighted by Gasteiger charge is 2.16. The van der Waals surface area contributed by atoms with E-state index in [0.717, 1.165) is 38.5 Å². The molecule has 3 N–H and O–H groups in total. The van der Waals surface area contributed by atoms with Crippen molar-refractivity contribution in [2.45, 2.75) is 32.1 Å². The molecule has 4 heteroatoms. The first-order valence-corrected chi connectivity index (χ1v) is 5.85. The molecule has 0 amide bonds. The summed E-state index contributed by atoms with van der Waals surface area (Å²) in [5.74, 6) is 1.39. The largest absolute Gasteiger partial charge is 0.385 e. The molecule has 1 rings (SSSR count). The van der Waals surface area contributed by atoms with Crippen molar-refractivity contribution >= 4 is 5.96 Å². The van der Waals surface area contributed by atoms with Crippen molar-refractivity contribution in [1.29, 1.82) is 0 Å². The van der Waals surface area contributed by atoms with Gasteiger partial charge in [-0.2, -0.15) is 0 Å². The summed E-state index contributed by atoms with van der Waals surface area (Å²) in [4.78, 5) is 4.32. The number of nitrogens with zero attached hydrogens (tertiary/aromatic N) is 1. The summed E-state index contributed by atoms with van der Waals surface area (Å²) < 4.78 is 4.96. The topological polar surface area (TPSA) is 59.6 Å². The molecule has 1 saturated carbocycles. The lowest BCUT2D eigenvalue weighted by Crippen LogP contribution is -2.33. The van der Waals surface area contributed by atoms with E-state index in [9.17, 15) is 0 Å². The predicted octanol–water partition coefficient (Wildman–Crippen LogP) is 1.12. The lowest BCUT2D eigenvalue weighted by molar-refractivity contribution is 0.193. The number of hydrogen-bond donors (Lipinski definition) is 2. The van der Waals surface area contributed by atoms with Crippen LogP contribution in [0.1, 0.15) is 32.1 Å². The Kier molecular flexibility index (Phi) is 6.16. The molecule has 0 aromatic rings. The molecule has 1 aliphatic carbocycles. The molecule has 0 unspecified atom stereocenters. The Hall–Kier alpha value is -0.770. The molecule has 4 nitrogen and oxygen atoms in total. The summed E-state index contributed by atoms with van der Waals surface area (Å²) in [5, 5.41) is 3.12. The van der Waals surface area contributed by atoms with Gasteiger partial charge in [0.15, 0.2) is 5.96 Å². The quantitative estimate of drug-likeness (QED) is 0.378. The van der Waals surface area contributed by atoms with Crippen LogP contribution in [0.2, 0.25) is 0 Å². The predicted molar refractivity (Wildman–Crippen MR) is 62.9 cm³/mol. The molecule has 0 aromatic heterocycles. The van der Waals surface area contributed by atoms with E-state index < -0.39 is 0 Å². The summed E-state index contributed by atoms with van der Waals surface area (Å²) in [5.41, 5.74) is 5.72. The number of nitrogens with two attached hydrogens (primary N) is 1. The van der Waals surface area contributed by atoms with Gasteiger partial charge in [0.2, 0.25) is 0 Å². The van der Waals surface area contributed by atoms with Crippen LogP contribution in [0, 0.1) is 5.92 Å². The first-order chi connectivity index (χ1) is 7.33. The Bertz CT molecular complexity index is 190. The number of guanidine groups is 1. The van der Waals surface area contributed by atoms with Gasteiger partial charge in [-0.1, -0.05) is 6.42 Å². The number of nitrogens with one attached hydrogen (secondary N) is 1. The van der Waals surface area contributed by atoms with Crippen LogP contribution in [0.15, 0.2) is 4.99 Å². The lowest BCUT2D eigenvalue weighted by atomic mass is 9.86. The number of methoxy groups -OCH3 is 1. The van der Waals surface area contributed by atoms with Crippen LogP contribution in [0.3, 0.4) is 0 Å². The molecule has 0 radical (unpaired) electrons. The molecule has 0 aromatic carbocycles. The first-order valence-electron chi connectivity index (χ1n) is 5.85. The van der Waals surface area contributed by atoms with Crippen LogP contribution in [-0.4, -0.2) is 32.8 Å². The van der Waals surface area contributed by atoms with Gasteiger partial charge < -0.3 is 15.8 Å². The van der Waals surface area contributed by atoms with E-state index in [1.54, 1.807) is 7.11 Å². The minimum Gasteiger partial charge on any atom is -0.385 e. The summed E-state index contributed by atoms with van der Waals surface area (Å²) in [7, 11) is 1.72. The molecule has 0 bridgehead atoms. The molecule has 88 valence electrons. The van der Waals surface area contributed by atoms with E-state index >= 15 is 0 Å². The van der Waals surface area contributed by atoms with E-state index in [0.29, 0.717) is 5.96 Å². The van der Waals surface area contributed by atoms with Gasteiger partial charge in [0, 0.05) is 26.8 Å². The SMILES string of the molecule is COCCCCNC(N)=NCC1CCC1. The molecule has 1 aliphatic rings. The second-order valence-electron chi connectivity index (χ2n) is 4.15. The monoisotopic (exact) mass is 213 g/mol. The van der Waals surface area contributed by atoms with Gasteiger partial charge in [0.25, 0.3) is 0 Å². The van der Waals surface area contributed by atoms with Crippen molar-refractivity contribution in [3.63, 3.8) is 0 Å². The third-order valence-electron chi connectivity index (χ3n) is 2.83. The molecular weight excluding hydrogens is 190 g/mol. The Morgan fingerprint density at radius 1 is 1.47 bits per heavy atom. The van der Waals surface area contributed by atoms with Gasteiger partial charge >= 0.3 is 0 Å². The number of ether oxygens (including phenoxy) is 1. The zero-order chi connectivity index (χ0) is 10.9. The smallest absolute Gasteiger partial charge is 0.188 e. The summed E-state index contributed by atoms with van der Waals surface area (Å²) >= 11 is 0. The van der Waals surface area contributed by atoms with Crippen LogP contribution >= 0.6 is 0 Å². The van der Waals surface area contributed by atoms with E-state index in [1.807, 2.05) is 0 Å². The first kappa shape index (κ1) is 12.3. The van der Waals surface area contributed by atoms with Gasteiger partial charge in [-0.05, 0) is 31.6 Å². The zero-order valence-corrected chi connectivity index (χ0v) is 9.67. The third kappa shape index (κ3) is 5.62. The molecule has 0 heterocycles. The second kappa shape index (κ2) is 7.51. The minimum absolute atomic E-state index is 0.597. The van der Waals surface area contributed by atoms with Crippen molar-refractivity contribution in [2.24, 2.45) is 16.6 Å². The molecule has 1 fully saturated rings. The average molecular weight is 213 g/mol. The lowest BCUT2D eigenvalue weighted by Gasteiger charge is -2.23. The summed E-state index contributed by atoms with van der Waals surface area (Å²) in [6.07, 6.45) is 6.16. The second-order valence-corrected chi connectivity index (χ2v) is 4.15. The molecule has 15 heavy (non-hydrogen) atoms. The van der Waals surface area contributed by atoms with Gasteiger partial charge in [-0.15, -0.1) is 0 Å². The van der Waals surface area contributed by atoms with Gasteiger partial charge in [0.05, 0.1) is 0 Å². The molecule has 0 aliphatic heterocycles. The highest BCUT2D eigenvalue weighted by Crippen LogP contribution is 2.26. The van der Waals surface area contributed by atoms with Crippen LogP contribution in [0.4, 0.5) is 0 Å². The third-order valence-corrected chi connectivity index (χ3v) is 2.83. The minimum atomic E-state index is 0.597. The highest BCUT2D eigenvalue weighted by atomic mass is 16.5. The van der Waals surface area contributed by atoms with Crippen molar-refractivity contribution in [3.05, 3.63) is 0 Å². The standard InChI is InChI=1S/C11H23N3O/c1-15-8-3-2-7-13-11(12)14-9-10-5-4-6-10/h10H,2-9H2,1H3,(H3,12,13,14). The molecule has 0 atom stereocenters. The Labute approximate surface area is 92.3 Å². The van der Waals surface area contributed by atoms with E-state index in [1.165, 1.54) is 19.3 Å². The van der Waals surface area contributed by atoms with Crippen LogP contribution < -0.4 is 11.1 Å². The molecule has 0 spiro atoms. The maximum Gasteiger partial charge on any atom is 0.188 e. The molecule has 0 saturated heterocycles. The van der Waals surface area contributed by atoms with Gasteiger partial charge in [-0.25, -0.2) is 0 Å². The number of hydrogen-bond acceptors (Lipinski definition) is 2. The summed E-state index contributed by atoms with van der Waals surface area (Å²) in [6, 6.07) is 0. The highest BCUT2D eigenvalue weighted by molar-refractivity contribution is 5.77. The fourth-order valence-electron chi connectivity index (χ4n) is 1.55.